The predicted octanol–water partition coefficient (Wildman–Crippen LogP) is 3.50. The van der Waals surface area contributed by atoms with E-state index in [1.54, 1.807) is 16.8 Å². The van der Waals surface area contributed by atoms with Gasteiger partial charge in [0.05, 0.1) is 5.39 Å². The van der Waals surface area contributed by atoms with Crippen LogP contribution < -0.4 is 5.56 Å². The van der Waals surface area contributed by atoms with Gasteiger partial charge in [0.15, 0.2) is 0 Å². The van der Waals surface area contributed by atoms with E-state index in [2.05, 4.69) is 0 Å². The van der Waals surface area contributed by atoms with E-state index >= 15 is 0 Å². The molecule has 0 amide bonds. The van der Waals surface area contributed by atoms with E-state index in [4.69, 9.17) is 0 Å². The second-order valence-corrected chi connectivity index (χ2v) is 5.88. The van der Waals surface area contributed by atoms with Crippen molar-refractivity contribution in [3.63, 3.8) is 0 Å². The molecule has 0 aliphatic heterocycles. The first-order chi connectivity index (χ1) is 8.55. The molecule has 2 heterocycles. The molecule has 2 nitrogen and oxygen atoms in total. The summed E-state index contributed by atoms with van der Waals surface area (Å²) in [6.45, 7) is 0.403. The van der Waals surface area contributed by atoms with Crippen molar-refractivity contribution >= 4 is 21.4 Å². The highest BCUT2D eigenvalue weighted by Crippen LogP contribution is 2.39. The van der Waals surface area contributed by atoms with Crippen molar-refractivity contribution in [1.29, 1.82) is 0 Å². The maximum atomic E-state index is 13.1. The molecule has 0 saturated heterocycles. The van der Waals surface area contributed by atoms with Crippen LogP contribution in [-0.2, 0) is 6.54 Å². The van der Waals surface area contributed by atoms with Crippen LogP contribution in [0, 0.1) is 5.92 Å². The zero-order valence-corrected chi connectivity index (χ0v) is 10.6. The highest BCUT2D eigenvalue weighted by molar-refractivity contribution is 7.17. The number of alkyl halides is 2. The Kier molecular flexibility index (Phi) is 2.73. The summed E-state index contributed by atoms with van der Waals surface area (Å²) in [5, 5.41) is 2.56. The van der Waals surface area contributed by atoms with E-state index in [0.717, 1.165) is 4.70 Å². The van der Waals surface area contributed by atoms with Gasteiger partial charge in [-0.25, -0.2) is 8.78 Å². The minimum atomic E-state index is -2.54. The van der Waals surface area contributed by atoms with Gasteiger partial charge in [-0.1, -0.05) is 0 Å². The van der Waals surface area contributed by atoms with Crippen LogP contribution in [0.5, 0.6) is 0 Å². The van der Waals surface area contributed by atoms with Gasteiger partial charge in [-0.05, 0) is 29.9 Å². The van der Waals surface area contributed by atoms with Crippen LogP contribution in [0.2, 0.25) is 0 Å². The topological polar surface area (TPSA) is 22.0 Å². The summed E-state index contributed by atoms with van der Waals surface area (Å²) in [6.07, 6.45) is 2.08. The standard InChI is InChI=1S/C13H13F2NOS/c14-13(15)4-1-9(7-13)8-16-5-2-11-10(12(16)17)3-6-18-11/h2-3,5-6,9H,1,4,7-8H2. The molecule has 0 aromatic carbocycles. The summed E-state index contributed by atoms with van der Waals surface area (Å²) in [4.78, 5) is 12.1. The monoisotopic (exact) mass is 269 g/mol. The number of aromatic nitrogens is 1. The van der Waals surface area contributed by atoms with E-state index < -0.39 is 5.92 Å². The average molecular weight is 269 g/mol. The molecule has 1 fully saturated rings. The van der Waals surface area contributed by atoms with Gasteiger partial charge in [0.2, 0.25) is 5.92 Å². The number of hydrogen-bond acceptors (Lipinski definition) is 2. The van der Waals surface area contributed by atoms with Gasteiger partial charge in [-0.2, -0.15) is 0 Å². The highest BCUT2D eigenvalue weighted by Gasteiger charge is 2.39. The molecule has 0 bridgehead atoms. The lowest BCUT2D eigenvalue weighted by molar-refractivity contribution is 0.00433. The number of hydrogen-bond donors (Lipinski definition) is 0. The van der Waals surface area contributed by atoms with Crippen LogP contribution in [0.25, 0.3) is 10.1 Å². The molecule has 0 spiro atoms. The first-order valence-corrected chi connectivity index (χ1v) is 6.88. The lowest BCUT2D eigenvalue weighted by Gasteiger charge is -2.12. The summed E-state index contributed by atoms with van der Waals surface area (Å²) >= 11 is 1.52. The van der Waals surface area contributed by atoms with Crippen molar-refractivity contribution in [2.45, 2.75) is 31.7 Å². The van der Waals surface area contributed by atoms with Crippen molar-refractivity contribution in [3.8, 4) is 0 Å². The lowest BCUT2D eigenvalue weighted by Crippen LogP contribution is -2.23. The van der Waals surface area contributed by atoms with Crippen molar-refractivity contribution in [2.24, 2.45) is 5.92 Å². The van der Waals surface area contributed by atoms with Crippen LogP contribution >= 0.6 is 11.3 Å². The van der Waals surface area contributed by atoms with Crippen LogP contribution in [-0.4, -0.2) is 10.5 Å². The number of halogens is 2. The van der Waals surface area contributed by atoms with Crippen LogP contribution in [0.3, 0.4) is 0 Å². The molecule has 3 rings (SSSR count). The maximum Gasteiger partial charge on any atom is 0.259 e. The van der Waals surface area contributed by atoms with Gasteiger partial charge >= 0.3 is 0 Å². The van der Waals surface area contributed by atoms with E-state index in [0.29, 0.717) is 18.4 Å². The molecule has 0 radical (unpaired) electrons. The van der Waals surface area contributed by atoms with Gasteiger partial charge in [0.1, 0.15) is 0 Å². The van der Waals surface area contributed by atoms with Crippen molar-refractivity contribution in [3.05, 3.63) is 34.1 Å². The van der Waals surface area contributed by atoms with Crippen LogP contribution in [0.15, 0.2) is 28.5 Å². The fraction of sp³-hybridized carbons (Fsp3) is 0.462. The molecule has 5 heteroatoms. The Balaban J connectivity index is 1.87. The van der Waals surface area contributed by atoms with Gasteiger partial charge in [-0.3, -0.25) is 4.79 Å². The Morgan fingerprint density at radius 2 is 2.28 bits per heavy atom. The molecule has 96 valence electrons. The Labute approximate surface area is 107 Å². The lowest BCUT2D eigenvalue weighted by atomic mass is 10.1. The Morgan fingerprint density at radius 3 is 3.00 bits per heavy atom. The molecule has 1 aliphatic rings. The van der Waals surface area contributed by atoms with Gasteiger partial charge < -0.3 is 4.57 Å². The molecule has 18 heavy (non-hydrogen) atoms. The predicted molar refractivity (Wildman–Crippen MR) is 68.4 cm³/mol. The Hall–Kier alpha value is -1.23. The molecule has 1 aliphatic carbocycles. The smallest absolute Gasteiger partial charge is 0.259 e. The fourth-order valence-corrected chi connectivity index (χ4v) is 3.40. The minimum Gasteiger partial charge on any atom is -0.315 e. The van der Waals surface area contributed by atoms with E-state index in [1.165, 1.54) is 11.3 Å². The second-order valence-electron chi connectivity index (χ2n) is 4.94. The minimum absolute atomic E-state index is 0.0485. The summed E-state index contributed by atoms with van der Waals surface area (Å²) in [5.41, 5.74) is -0.0658. The molecule has 1 saturated carbocycles. The van der Waals surface area contributed by atoms with E-state index in [-0.39, 0.29) is 24.3 Å². The summed E-state index contributed by atoms with van der Waals surface area (Å²) in [5.74, 6) is -2.63. The SMILES string of the molecule is O=c1c2ccsc2ccn1CC1CCC(F)(F)C1. The molecule has 0 N–H and O–H groups in total. The number of rotatable bonds is 2. The zero-order valence-electron chi connectivity index (χ0n) is 9.73. The molecule has 1 unspecified atom stereocenters. The molecule has 2 aromatic heterocycles. The van der Waals surface area contributed by atoms with E-state index in [9.17, 15) is 13.6 Å². The molecular formula is C13H13F2NOS. The van der Waals surface area contributed by atoms with Crippen molar-refractivity contribution in [2.75, 3.05) is 0 Å². The largest absolute Gasteiger partial charge is 0.315 e. The normalized spacial score (nSPS) is 22.7. The fourth-order valence-electron chi connectivity index (χ4n) is 2.63. The van der Waals surface area contributed by atoms with Gasteiger partial charge in [0.25, 0.3) is 5.56 Å². The highest BCUT2D eigenvalue weighted by atomic mass is 32.1. The molecule has 2 aromatic rings. The maximum absolute atomic E-state index is 13.1. The number of thiophene rings is 1. The van der Waals surface area contributed by atoms with Crippen LogP contribution in [0.1, 0.15) is 19.3 Å². The molecular weight excluding hydrogens is 256 g/mol. The quantitative estimate of drug-likeness (QED) is 0.818. The first kappa shape index (κ1) is 11.8. The third kappa shape index (κ3) is 2.07. The van der Waals surface area contributed by atoms with Crippen LogP contribution in [0.4, 0.5) is 8.78 Å². The number of nitrogens with zero attached hydrogens (tertiary/aromatic N) is 1. The third-order valence-electron chi connectivity index (χ3n) is 3.55. The second kappa shape index (κ2) is 4.16. The van der Waals surface area contributed by atoms with Crippen molar-refractivity contribution < 1.29 is 8.78 Å². The number of fused-ring (bicyclic) bond motifs is 1. The summed E-state index contributed by atoms with van der Waals surface area (Å²) in [6, 6.07) is 3.68. The van der Waals surface area contributed by atoms with Crippen molar-refractivity contribution in [1.82, 2.24) is 4.57 Å². The third-order valence-corrected chi connectivity index (χ3v) is 4.43. The summed E-state index contributed by atoms with van der Waals surface area (Å²) < 4.78 is 28.8. The Bertz CT molecular complexity index is 631. The van der Waals surface area contributed by atoms with Gasteiger partial charge in [0, 0.05) is 30.3 Å². The number of pyridine rings is 1. The molecule has 1 atom stereocenters. The average Bonchev–Trinajstić information content (AvgIpc) is 2.89. The zero-order chi connectivity index (χ0) is 12.8. The first-order valence-electron chi connectivity index (χ1n) is 6.00. The van der Waals surface area contributed by atoms with E-state index in [1.807, 2.05) is 11.4 Å². The summed E-state index contributed by atoms with van der Waals surface area (Å²) in [7, 11) is 0. The Morgan fingerprint density at radius 1 is 1.44 bits per heavy atom. The van der Waals surface area contributed by atoms with Gasteiger partial charge in [-0.15, -0.1) is 11.3 Å².